The first kappa shape index (κ1) is 74.3. The number of unbranched alkanes of at least 4 members (excludes halogenated alkanes) is 33. The van der Waals surface area contributed by atoms with Gasteiger partial charge in [0.1, 0.15) is 13.2 Å². The van der Waals surface area contributed by atoms with Gasteiger partial charge in [0.05, 0.1) is 0 Å². The van der Waals surface area contributed by atoms with E-state index >= 15 is 0 Å². The quantitative estimate of drug-likeness (QED) is 0.0261. The van der Waals surface area contributed by atoms with Crippen LogP contribution in [0.5, 0.6) is 0 Å². The average molecular weight is 1090 g/mol. The molecule has 448 valence electrons. The molecule has 6 heteroatoms. The van der Waals surface area contributed by atoms with Crippen molar-refractivity contribution in [1.82, 2.24) is 0 Å². The van der Waals surface area contributed by atoms with Crippen LogP contribution in [0, 0.1) is 0 Å². The summed E-state index contributed by atoms with van der Waals surface area (Å²) in [4.78, 5) is 38.3. The van der Waals surface area contributed by atoms with Crippen LogP contribution in [0.15, 0.2) is 97.2 Å². The van der Waals surface area contributed by atoms with E-state index in [-0.39, 0.29) is 31.1 Å². The van der Waals surface area contributed by atoms with Crippen molar-refractivity contribution in [3.05, 3.63) is 97.2 Å². The van der Waals surface area contributed by atoms with Gasteiger partial charge in [-0.05, 0) is 83.5 Å². The second-order valence-corrected chi connectivity index (χ2v) is 22.0. The molecular formula is C72H124O6. The van der Waals surface area contributed by atoms with Crippen LogP contribution in [-0.4, -0.2) is 37.2 Å². The summed E-state index contributed by atoms with van der Waals surface area (Å²) in [6.45, 7) is 6.55. The van der Waals surface area contributed by atoms with Crippen LogP contribution in [0.2, 0.25) is 0 Å². The Kier molecular flexibility index (Phi) is 62.7. The average Bonchev–Trinajstić information content (AvgIpc) is 3.44. The largest absolute Gasteiger partial charge is 0.462 e. The Hall–Kier alpha value is -3.67. The van der Waals surface area contributed by atoms with Crippen LogP contribution >= 0.6 is 0 Å². The monoisotopic (exact) mass is 1080 g/mol. The van der Waals surface area contributed by atoms with Crippen molar-refractivity contribution >= 4 is 17.9 Å². The fourth-order valence-electron chi connectivity index (χ4n) is 9.40. The third-order valence-electron chi connectivity index (χ3n) is 14.4. The van der Waals surface area contributed by atoms with Crippen molar-refractivity contribution in [3.8, 4) is 0 Å². The number of hydrogen-bond acceptors (Lipinski definition) is 6. The Morgan fingerprint density at radius 2 is 0.500 bits per heavy atom. The number of ether oxygens (including phenoxy) is 3. The Bertz CT molecular complexity index is 1530. The second kappa shape index (κ2) is 65.8. The third kappa shape index (κ3) is 63.2. The van der Waals surface area contributed by atoms with Gasteiger partial charge in [-0.25, -0.2) is 0 Å². The molecule has 0 heterocycles. The lowest BCUT2D eigenvalue weighted by Crippen LogP contribution is -2.30. The van der Waals surface area contributed by atoms with Crippen LogP contribution < -0.4 is 0 Å². The van der Waals surface area contributed by atoms with E-state index in [0.29, 0.717) is 19.3 Å². The van der Waals surface area contributed by atoms with Crippen LogP contribution in [0.1, 0.15) is 323 Å². The van der Waals surface area contributed by atoms with E-state index in [1.54, 1.807) is 0 Å². The van der Waals surface area contributed by atoms with Gasteiger partial charge in [-0.15, -0.1) is 0 Å². The van der Waals surface area contributed by atoms with Crippen LogP contribution in [0.25, 0.3) is 0 Å². The van der Waals surface area contributed by atoms with Gasteiger partial charge >= 0.3 is 17.9 Å². The first-order chi connectivity index (χ1) is 38.5. The van der Waals surface area contributed by atoms with Gasteiger partial charge in [0.15, 0.2) is 6.10 Å². The van der Waals surface area contributed by atoms with E-state index in [1.165, 1.54) is 161 Å². The molecular weight excluding hydrogens is 961 g/mol. The summed E-state index contributed by atoms with van der Waals surface area (Å²) >= 11 is 0. The van der Waals surface area contributed by atoms with Gasteiger partial charge in [-0.3, -0.25) is 14.4 Å². The highest BCUT2D eigenvalue weighted by Crippen LogP contribution is 2.17. The smallest absolute Gasteiger partial charge is 0.306 e. The molecule has 0 aromatic rings. The zero-order valence-electron chi connectivity index (χ0n) is 51.4. The van der Waals surface area contributed by atoms with Crippen molar-refractivity contribution in [3.63, 3.8) is 0 Å². The molecule has 0 radical (unpaired) electrons. The summed E-state index contributed by atoms with van der Waals surface area (Å²) in [7, 11) is 0. The van der Waals surface area contributed by atoms with Crippen LogP contribution in [0.4, 0.5) is 0 Å². The zero-order valence-corrected chi connectivity index (χ0v) is 51.4. The van der Waals surface area contributed by atoms with Crippen molar-refractivity contribution < 1.29 is 28.6 Å². The molecule has 0 saturated heterocycles. The normalized spacial score (nSPS) is 12.7. The Labute approximate surface area is 483 Å². The molecule has 0 aromatic heterocycles. The molecule has 0 fully saturated rings. The fourth-order valence-corrected chi connectivity index (χ4v) is 9.40. The third-order valence-corrected chi connectivity index (χ3v) is 14.4. The minimum atomic E-state index is -0.781. The molecule has 0 aliphatic carbocycles. The molecule has 78 heavy (non-hydrogen) atoms. The minimum absolute atomic E-state index is 0.0772. The van der Waals surface area contributed by atoms with Gasteiger partial charge in [0.2, 0.25) is 0 Å². The standard InChI is InChI=1S/C72H124O6/c1-4-7-10-13-16-19-22-25-27-29-30-31-32-33-34-35-36-37-38-39-40-41-42-43-45-47-50-53-56-59-62-65-71(74)77-68-69(67-76-70(73)64-61-58-55-52-49-46-24-21-18-15-12-9-6-3)78-72(75)66-63-60-57-54-51-48-44-28-26-23-20-17-14-11-8-5-2/h7,10,16,19,25,27,30-31,33-34,36-37,39-40,42-43,69H,4-6,8-9,11-15,17-18,20-24,26,28-29,32,35,38,41,44-68H2,1-3H3/b10-7-,19-16-,27-25-,31-30-,34-33-,37-36-,40-39-,43-42-. The maximum Gasteiger partial charge on any atom is 0.306 e. The van der Waals surface area contributed by atoms with Gasteiger partial charge in [-0.1, -0.05) is 317 Å². The molecule has 6 nitrogen and oxygen atoms in total. The molecule has 0 saturated carbocycles. The number of carbonyl (C=O) groups is 3. The first-order valence-electron chi connectivity index (χ1n) is 33.2. The number of carbonyl (C=O) groups excluding carboxylic acids is 3. The summed E-state index contributed by atoms with van der Waals surface area (Å²) in [5.74, 6) is -0.877. The highest BCUT2D eigenvalue weighted by molar-refractivity contribution is 5.71. The maximum absolute atomic E-state index is 12.9. The van der Waals surface area contributed by atoms with Crippen molar-refractivity contribution in [2.75, 3.05) is 13.2 Å². The van der Waals surface area contributed by atoms with E-state index in [9.17, 15) is 14.4 Å². The van der Waals surface area contributed by atoms with E-state index in [1.807, 2.05) is 0 Å². The number of rotatable bonds is 60. The van der Waals surface area contributed by atoms with Crippen LogP contribution in [-0.2, 0) is 28.6 Å². The first-order valence-corrected chi connectivity index (χ1v) is 33.2. The predicted molar refractivity (Wildman–Crippen MR) is 339 cm³/mol. The predicted octanol–water partition coefficient (Wildman–Crippen LogP) is 22.8. The molecule has 0 bridgehead atoms. The lowest BCUT2D eigenvalue weighted by atomic mass is 10.0. The van der Waals surface area contributed by atoms with E-state index in [0.717, 1.165) is 122 Å². The van der Waals surface area contributed by atoms with Crippen molar-refractivity contribution in [2.45, 2.75) is 329 Å². The van der Waals surface area contributed by atoms with Crippen molar-refractivity contribution in [2.24, 2.45) is 0 Å². The second-order valence-electron chi connectivity index (χ2n) is 22.0. The highest BCUT2D eigenvalue weighted by atomic mass is 16.6. The van der Waals surface area contributed by atoms with E-state index in [4.69, 9.17) is 14.2 Å². The van der Waals surface area contributed by atoms with Gasteiger partial charge in [-0.2, -0.15) is 0 Å². The SMILES string of the molecule is CC/C=C\C/C=C\C/C=C\C/C=C\C/C=C\C/C=C\C/C=C\C/C=C\CCCCCCCCC(=O)OCC(COC(=O)CCCCCCCCCCCCCCC)OC(=O)CCCCCCCCCCCCCCCCCC. The van der Waals surface area contributed by atoms with Gasteiger partial charge < -0.3 is 14.2 Å². The lowest BCUT2D eigenvalue weighted by Gasteiger charge is -2.18. The number of allylic oxidation sites excluding steroid dienone is 16. The van der Waals surface area contributed by atoms with E-state index < -0.39 is 6.10 Å². The maximum atomic E-state index is 12.9. The van der Waals surface area contributed by atoms with E-state index in [2.05, 4.69) is 118 Å². The zero-order chi connectivity index (χ0) is 56.4. The summed E-state index contributed by atoms with van der Waals surface area (Å²) in [5, 5.41) is 0. The Balaban J connectivity index is 4.29. The Morgan fingerprint density at radius 1 is 0.269 bits per heavy atom. The lowest BCUT2D eigenvalue weighted by molar-refractivity contribution is -0.167. The minimum Gasteiger partial charge on any atom is -0.462 e. The number of esters is 3. The topological polar surface area (TPSA) is 78.9 Å². The highest BCUT2D eigenvalue weighted by Gasteiger charge is 2.19. The van der Waals surface area contributed by atoms with Crippen molar-refractivity contribution in [1.29, 1.82) is 0 Å². The van der Waals surface area contributed by atoms with Crippen LogP contribution in [0.3, 0.4) is 0 Å². The number of hydrogen-bond donors (Lipinski definition) is 0. The van der Waals surface area contributed by atoms with Gasteiger partial charge in [0, 0.05) is 19.3 Å². The summed E-state index contributed by atoms with van der Waals surface area (Å²) in [5.41, 5.74) is 0. The Morgan fingerprint density at radius 3 is 0.782 bits per heavy atom. The summed E-state index contributed by atoms with van der Waals surface area (Å²) < 4.78 is 16.9. The molecule has 0 rings (SSSR count). The summed E-state index contributed by atoms with van der Waals surface area (Å²) in [6, 6.07) is 0. The fraction of sp³-hybridized carbons (Fsp3) is 0.736. The van der Waals surface area contributed by atoms with Gasteiger partial charge in [0.25, 0.3) is 0 Å². The molecule has 0 amide bonds. The molecule has 0 aliphatic heterocycles. The summed E-state index contributed by atoms with van der Waals surface area (Å²) in [6.07, 6.45) is 88.4. The molecule has 1 unspecified atom stereocenters. The molecule has 0 aromatic carbocycles. The molecule has 1 atom stereocenters. The molecule has 0 spiro atoms. The molecule has 0 N–H and O–H groups in total. The molecule has 0 aliphatic rings.